The number of hydrogen-bond acceptors (Lipinski definition) is 4. The smallest absolute Gasteiger partial charge is 0.341 e. The third-order valence-corrected chi connectivity index (χ3v) is 3.36. The van der Waals surface area contributed by atoms with Gasteiger partial charge in [-0.15, -0.1) is 0 Å². The van der Waals surface area contributed by atoms with E-state index in [4.69, 9.17) is 9.84 Å². The lowest BCUT2D eigenvalue weighted by atomic mass is 10.1. The van der Waals surface area contributed by atoms with E-state index in [-0.39, 0.29) is 11.4 Å². The van der Waals surface area contributed by atoms with Crippen LogP contribution in [0.3, 0.4) is 0 Å². The van der Waals surface area contributed by atoms with Crippen LogP contribution in [0.4, 0.5) is 0 Å². The van der Waals surface area contributed by atoms with E-state index < -0.39 is 5.97 Å². The van der Waals surface area contributed by atoms with Gasteiger partial charge in [-0.25, -0.2) is 9.78 Å². The highest BCUT2D eigenvalue weighted by Gasteiger charge is 2.21. The predicted octanol–water partition coefficient (Wildman–Crippen LogP) is 1.64. The highest BCUT2D eigenvalue weighted by molar-refractivity contribution is 5.90. The maximum atomic E-state index is 11.0. The summed E-state index contributed by atoms with van der Waals surface area (Å²) in [6, 6.07) is 3.65. The monoisotopic (exact) mass is 250 g/mol. The average Bonchev–Trinajstić information content (AvgIpc) is 2.76. The summed E-state index contributed by atoms with van der Waals surface area (Å²) >= 11 is 0. The summed E-state index contributed by atoms with van der Waals surface area (Å²) < 4.78 is 5.49. The third kappa shape index (κ3) is 2.98. The maximum absolute atomic E-state index is 11.0. The molecule has 1 aromatic heterocycles. The van der Waals surface area contributed by atoms with Gasteiger partial charge in [0.05, 0.1) is 6.61 Å². The van der Waals surface area contributed by atoms with E-state index in [1.807, 2.05) is 0 Å². The van der Waals surface area contributed by atoms with Crippen LogP contribution in [-0.2, 0) is 0 Å². The van der Waals surface area contributed by atoms with Crippen molar-refractivity contribution in [1.82, 2.24) is 9.88 Å². The normalized spacial score (nSPS) is 19.9. The molecule has 1 aliphatic rings. The fraction of sp³-hybridized carbons (Fsp3) is 0.538. The van der Waals surface area contributed by atoms with Gasteiger partial charge in [0.1, 0.15) is 5.56 Å². The highest BCUT2D eigenvalue weighted by atomic mass is 16.5. The van der Waals surface area contributed by atoms with Crippen LogP contribution in [0.25, 0.3) is 0 Å². The Labute approximate surface area is 106 Å². The van der Waals surface area contributed by atoms with Crippen molar-refractivity contribution in [1.29, 1.82) is 0 Å². The third-order valence-electron chi connectivity index (χ3n) is 3.36. The van der Waals surface area contributed by atoms with Crippen LogP contribution in [-0.4, -0.2) is 47.2 Å². The Hall–Kier alpha value is -1.62. The van der Waals surface area contributed by atoms with E-state index in [2.05, 4.69) is 16.9 Å². The molecular formula is C13H18N2O3. The Kier molecular flexibility index (Phi) is 4.15. The average molecular weight is 250 g/mol. The molecule has 5 heteroatoms. The van der Waals surface area contributed by atoms with Gasteiger partial charge < -0.3 is 14.7 Å². The number of ether oxygens (including phenoxy) is 1. The molecule has 2 heterocycles. The molecule has 0 saturated carbocycles. The van der Waals surface area contributed by atoms with Crippen molar-refractivity contribution in [2.24, 2.45) is 0 Å². The molecule has 1 N–H and O–H groups in total. The lowest BCUT2D eigenvalue weighted by Gasteiger charge is -2.19. The molecule has 1 unspecified atom stereocenters. The zero-order valence-electron chi connectivity index (χ0n) is 10.5. The van der Waals surface area contributed by atoms with Crippen LogP contribution in [0, 0.1) is 0 Å². The summed E-state index contributed by atoms with van der Waals surface area (Å²) in [5.41, 5.74) is 0.122. The van der Waals surface area contributed by atoms with Crippen molar-refractivity contribution in [2.75, 3.05) is 20.2 Å². The van der Waals surface area contributed by atoms with Crippen LogP contribution < -0.4 is 4.74 Å². The summed E-state index contributed by atoms with van der Waals surface area (Å²) in [6.45, 7) is 1.64. The number of carbonyl (C=O) groups is 1. The van der Waals surface area contributed by atoms with Crippen LogP contribution in [0.1, 0.15) is 29.6 Å². The van der Waals surface area contributed by atoms with Gasteiger partial charge in [0.2, 0.25) is 5.88 Å². The molecule has 2 rings (SSSR count). The first-order valence-corrected chi connectivity index (χ1v) is 6.20. The van der Waals surface area contributed by atoms with E-state index in [1.165, 1.54) is 18.9 Å². The maximum Gasteiger partial charge on any atom is 0.341 e. The summed E-state index contributed by atoms with van der Waals surface area (Å²) in [4.78, 5) is 17.3. The van der Waals surface area contributed by atoms with Crippen molar-refractivity contribution in [2.45, 2.75) is 25.3 Å². The highest BCUT2D eigenvalue weighted by Crippen LogP contribution is 2.19. The molecule has 0 spiro atoms. The second kappa shape index (κ2) is 5.82. The molecule has 1 atom stereocenters. The van der Waals surface area contributed by atoms with Crippen molar-refractivity contribution in [3.05, 3.63) is 23.9 Å². The van der Waals surface area contributed by atoms with E-state index >= 15 is 0 Å². The van der Waals surface area contributed by atoms with Gasteiger partial charge in [-0.3, -0.25) is 0 Å². The number of rotatable bonds is 5. The second-order valence-electron chi connectivity index (χ2n) is 4.58. The van der Waals surface area contributed by atoms with E-state index in [0.29, 0.717) is 12.6 Å². The van der Waals surface area contributed by atoms with Crippen LogP contribution >= 0.6 is 0 Å². The number of pyridine rings is 1. The number of nitrogens with zero attached hydrogens (tertiary/aromatic N) is 2. The lowest BCUT2D eigenvalue weighted by Crippen LogP contribution is -2.26. The molecule has 0 aliphatic carbocycles. The van der Waals surface area contributed by atoms with Crippen LogP contribution in [0.2, 0.25) is 0 Å². The Morgan fingerprint density at radius 3 is 3.17 bits per heavy atom. The molecule has 0 radical (unpaired) electrons. The number of likely N-dealkylation sites (tertiary alicyclic amines) is 1. The minimum Gasteiger partial charge on any atom is -0.477 e. The first-order chi connectivity index (χ1) is 8.68. The van der Waals surface area contributed by atoms with Crippen LogP contribution in [0.15, 0.2) is 18.3 Å². The Balaban J connectivity index is 1.88. The fourth-order valence-corrected chi connectivity index (χ4v) is 2.30. The number of aromatic carboxylic acids is 1. The Morgan fingerprint density at radius 2 is 2.50 bits per heavy atom. The molecule has 0 amide bonds. The standard InChI is InChI=1S/C13H18N2O3/c1-15-8-3-4-10(15)6-9-18-12-11(13(16)17)5-2-7-14-12/h2,5,7,10H,3-4,6,8-9H2,1H3,(H,16,17). The zero-order valence-corrected chi connectivity index (χ0v) is 10.5. The van der Waals surface area contributed by atoms with E-state index in [0.717, 1.165) is 13.0 Å². The van der Waals surface area contributed by atoms with Gasteiger partial charge in [0.25, 0.3) is 0 Å². The SMILES string of the molecule is CN1CCCC1CCOc1ncccc1C(=O)O. The number of hydrogen-bond donors (Lipinski definition) is 1. The van der Waals surface area contributed by atoms with Gasteiger partial charge >= 0.3 is 5.97 Å². The minimum atomic E-state index is -1.00. The Morgan fingerprint density at radius 1 is 1.67 bits per heavy atom. The first-order valence-electron chi connectivity index (χ1n) is 6.20. The van der Waals surface area contributed by atoms with Gasteiger partial charge in [-0.1, -0.05) is 0 Å². The van der Waals surface area contributed by atoms with E-state index in [1.54, 1.807) is 12.3 Å². The molecule has 18 heavy (non-hydrogen) atoms. The van der Waals surface area contributed by atoms with Crippen LogP contribution in [0.5, 0.6) is 5.88 Å². The van der Waals surface area contributed by atoms with Gasteiger partial charge in [-0.2, -0.15) is 0 Å². The van der Waals surface area contributed by atoms with Gasteiger partial charge in [-0.05, 0) is 45.0 Å². The van der Waals surface area contributed by atoms with Crippen molar-refractivity contribution < 1.29 is 14.6 Å². The van der Waals surface area contributed by atoms with Crippen molar-refractivity contribution >= 4 is 5.97 Å². The zero-order chi connectivity index (χ0) is 13.0. The molecule has 0 aromatic carbocycles. The Bertz CT molecular complexity index is 422. The quantitative estimate of drug-likeness (QED) is 0.860. The van der Waals surface area contributed by atoms with E-state index in [9.17, 15) is 4.79 Å². The van der Waals surface area contributed by atoms with Gasteiger partial charge in [0.15, 0.2) is 0 Å². The first kappa shape index (κ1) is 12.8. The molecular weight excluding hydrogens is 232 g/mol. The number of aromatic nitrogens is 1. The molecule has 1 aliphatic heterocycles. The summed E-state index contributed by atoms with van der Waals surface area (Å²) in [6.07, 6.45) is 4.87. The summed E-state index contributed by atoms with van der Waals surface area (Å²) in [7, 11) is 2.11. The number of carboxylic acid groups (broad SMARTS) is 1. The number of carboxylic acids is 1. The fourth-order valence-electron chi connectivity index (χ4n) is 2.30. The summed E-state index contributed by atoms with van der Waals surface area (Å²) in [5, 5.41) is 8.99. The molecule has 1 fully saturated rings. The minimum absolute atomic E-state index is 0.122. The molecule has 0 bridgehead atoms. The predicted molar refractivity (Wildman–Crippen MR) is 67.0 cm³/mol. The topological polar surface area (TPSA) is 62.7 Å². The largest absolute Gasteiger partial charge is 0.477 e. The summed E-state index contributed by atoms with van der Waals surface area (Å²) in [5.74, 6) is -0.790. The molecule has 5 nitrogen and oxygen atoms in total. The lowest BCUT2D eigenvalue weighted by molar-refractivity contribution is 0.0690. The second-order valence-corrected chi connectivity index (χ2v) is 4.58. The van der Waals surface area contributed by atoms with Crippen molar-refractivity contribution in [3.8, 4) is 5.88 Å². The molecule has 98 valence electrons. The molecule has 1 saturated heterocycles. The van der Waals surface area contributed by atoms with Crippen molar-refractivity contribution in [3.63, 3.8) is 0 Å². The molecule has 1 aromatic rings. The van der Waals surface area contributed by atoms with Gasteiger partial charge in [0, 0.05) is 12.2 Å².